The molecule has 20 heavy (non-hydrogen) atoms. The molecule has 2 rings (SSSR count). The fraction of sp³-hybridized carbons (Fsp3) is 0.500. The highest BCUT2D eigenvalue weighted by atomic mass is 16.2. The Morgan fingerprint density at radius 1 is 1.40 bits per heavy atom. The van der Waals surface area contributed by atoms with Gasteiger partial charge >= 0.3 is 6.03 Å². The molecule has 1 saturated heterocycles. The molecule has 1 N–H and O–H groups in total. The maximum absolute atomic E-state index is 12.0. The van der Waals surface area contributed by atoms with Crippen LogP contribution in [0.5, 0.6) is 0 Å². The number of rotatable bonds is 4. The number of nitrogens with zero attached hydrogens (tertiary/aromatic N) is 3. The number of hydrogen-bond donors (Lipinski definition) is 1. The molecule has 2 heterocycles. The van der Waals surface area contributed by atoms with Crippen LogP contribution in [0.25, 0.3) is 0 Å². The van der Waals surface area contributed by atoms with Crippen LogP contribution in [0.1, 0.15) is 20.8 Å². The predicted molar refractivity (Wildman–Crippen MR) is 77.7 cm³/mol. The zero-order valence-electron chi connectivity index (χ0n) is 12.1. The number of anilines is 2. The number of aromatic nitrogens is 1. The molecule has 0 spiro atoms. The van der Waals surface area contributed by atoms with Gasteiger partial charge in [-0.25, -0.2) is 9.78 Å². The quantitative estimate of drug-likeness (QED) is 0.914. The lowest BCUT2D eigenvalue weighted by molar-refractivity contribution is -0.118. The van der Waals surface area contributed by atoms with Crippen molar-refractivity contribution in [3.63, 3.8) is 0 Å². The van der Waals surface area contributed by atoms with Gasteiger partial charge in [0.1, 0.15) is 5.82 Å². The Bertz CT molecular complexity index is 498. The van der Waals surface area contributed by atoms with Crippen LogP contribution < -0.4 is 10.2 Å². The molecule has 0 atom stereocenters. The monoisotopic (exact) mass is 276 g/mol. The van der Waals surface area contributed by atoms with Gasteiger partial charge in [-0.3, -0.25) is 9.69 Å². The Balaban J connectivity index is 2.05. The van der Waals surface area contributed by atoms with Crippen molar-refractivity contribution < 1.29 is 9.59 Å². The number of pyridine rings is 1. The normalized spacial score (nSPS) is 15.1. The molecule has 0 aliphatic carbocycles. The number of likely N-dealkylation sites (N-methyl/N-ethyl adjacent to an activating group) is 1. The number of urea groups is 1. The highest BCUT2D eigenvalue weighted by molar-refractivity contribution is 5.94. The summed E-state index contributed by atoms with van der Waals surface area (Å²) >= 11 is 0. The second-order valence-electron chi connectivity index (χ2n) is 5.06. The van der Waals surface area contributed by atoms with E-state index in [0.717, 1.165) is 6.54 Å². The van der Waals surface area contributed by atoms with Crippen LogP contribution in [0.4, 0.5) is 16.3 Å². The predicted octanol–water partition coefficient (Wildman–Crippen LogP) is 1.94. The Hall–Kier alpha value is -2.11. The zero-order valence-corrected chi connectivity index (χ0v) is 12.1. The van der Waals surface area contributed by atoms with Gasteiger partial charge in [-0.05, 0) is 19.1 Å². The molecule has 0 saturated carbocycles. The van der Waals surface area contributed by atoms with Crippen LogP contribution in [0.15, 0.2) is 18.3 Å². The maximum atomic E-state index is 12.0. The standard InChI is InChI=1S/C14H20N4O2/c1-4-17-7-8-18(14(17)20)12-6-5-11(9-15-12)16-13(19)10(2)3/h5-6,9-10H,4,7-8H2,1-3H3,(H,16,19). The number of hydrogen-bond acceptors (Lipinski definition) is 3. The molecule has 0 unspecified atom stereocenters. The molecule has 0 aromatic carbocycles. The van der Waals surface area contributed by atoms with E-state index in [2.05, 4.69) is 10.3 Å². The van der Waals surface area contributed by atoms with Gasteiger partial charge in [0.2, 0.25) is 5.91 Å². The van der Waals surface area contributed by atoms with Crippen LogP contribution in [0.3, 0.4) is 0 Å². The minimum absolute atomic E-state index is 0.0148. The molecular weight excluding hydrogens is 256 g/mol. The molecule has 6 heteroatoms. The average Bonchev–Trinajstić information content (AvgIpc) is 2.80. The van der Waals surface area contributed by atoms with Crippen molar-refractivity contribution >= 4 is 23.4 Å². The van der Waals surface area contributed by atoms with Crippen molar-refractivity contribution in [2.45, 2.75) is 20.8 Å². The first kappa shape index (κ1) is 14.3. The van der Waals surface area contributed by atoms with E-state index >= 15 is 0 Å². The largest absolute Gasteiger partial charge is 0.325 e. The summed E-state index contributed by atoms with van der Waals surface area (Å²) in [6.45, 7) is 7.70. The number of carbonyl (C=O) groups excluding carboxylic acids is 2. The first-order valence-corrected chi connectivity index (χ1v) is 6.86. The smallest absolute Gasteiger partial charge is 0.325 e. The van der Waals surface area contributed by atoms with Gasteiger partial charge < -0.3 is 10.2 Å². The van der Waals surface area contributed by atoms with E-state index in [4.69, 9.17) is 0 Å². The Morgan fingerprint density at radius 2 is 2.15 bits per heavy atom. The molecular formula is C14H20N4O2. The van der Waals surface area contributed by atoms with Crippen molar-refractivity contribution in [1.82, 2.24) is 9.88 Å². The second kappa shape index (κ2) is 5.90. The molecule has 1 aliphatic heterocycles. The highest BCUT2D eigenvalue weighted by Crippen LogP contribution is 2.19. The second-order valence-corrected chi connectivity index (χ2v) is 5.06. The highest BCUT2D eigenvalue weighted by Gasteiger charge is 2.28. The molecule has 3 amide bonds. The van der Waals surface area contributed by atoms with Crippen LogP contribution in [0, 0.1) is 5.92 Å². The first-order chi connectivity index (χ1) is 9.52. The molecule has 0 radical (unpaired) electrons. The zero-order chi connectivity index (χ0) is 14.7. The van der Waals surface area contributed by atoms with Gasteiger partial charge in [0.15, 0.2) is 0 Å². The third-order valence-corrected chi connectivity index (χ3v) is 3.29. The molecule has 108 valence electrons. The summed E-state index contributed by atoms with van der Waals surface area (Å²) in [5.74, 6) is 0.496. The van der Waals surface area contributed by atoms with E-state index in [9.17, 15) is 9.59 Å². The summed E-state index contributed by atoms with van der Waals surface area (Å²) in [6.07, 6.45) is 1.58. The van der Waals surface area contributed by atoms with Crippen molar-refractivity contribution in [1.29, 1.82) is 0 Å². The van der Waals surface area contributed by atoms with Crippen molar-refractivity contribution in [2.24, 2.45) is 5.92 Å². The van der Waals surface area contributed by atoms with Crippen LogP contribution in [0.2, 0.25) is 0 Å². The summed E-state index contributed by atoms with van der Waals surface area (Å²) in [5.41, 5.74) is 0.645. The van der Waals surface area contributed by atoms with Gasteiger partial charge in [-0.2, -0.15) is 0 Å². The fourth-order valence-electron chi connectivity index (χ4n) is 1.99. The summed E-state index contributed by atoms with van der Waals surface area (Å²) in [6, 6.07) is 3.51. The Labute approximate surface area is 118 Å². The van der Waals surface area contributed by atoms with Gasteiger partial charge in [0.25, 0.3) is 0 Å². The summed E-state index contributed by atoms with van der Waals surface area (Å²) in [5, 5.41) is 2.78. The SMILES string of the molecule is CCN1CCN(c2ccc(NC(=O)C(C)C)cn2)C1=O. The van der Waals surface area contributed by atoms with E-state index in [-0.39, 0.29) is 17.9 Å². The van der Waals surface area contributed by atoms with Crippen molar-refractivity contribution in [2.75, 3.05) is 29.9 Å². The van der Waals surface area contributed by atoms with Gasteiger partial charge in [0, 0.05) is 25.6 Å². The first-order valence-electron chi connectivity index (χ1n) is 6.86. The van der Waals surface area contributed by atoms with Crippen LogP contribution in [-0.2, 0) is 4.79 Å². The number of amides is 3. The minimum atomic E-state index is -0.0760. The fourth-order valence-corrected chi connectivity index (χ4v) is 1.99. The average molecular weight is 276 g/mol. The minimum Gasteiger partial charge on any atom is -0.325 e. The summed E-state index contributed by atoms with van der Waals surface area (Å²) in [4.78, 5) is 31.3. The Kier molecular flexibility index (Phi) is 4.22. The third-order valence-electron chi connectivity index (χ3n) is 3.29. The topological polar surface area (TPSA) is 65.5 Å². The number of carbonyl (C=O) groups is 2. The molecule has 1 aromatic heterocycles. The van der Waals surface area contributed by atoms with E-state index in [1.807, 2.05) is 20.8 Å². The van der Waals surface area contributed by atoms with E-state index in [1.165, 1.54) is 0 Å². The van der Waals surface area contributed by atoms with Gasteiger partial charge in [-0.1, -0.05) is 13.8 Å². The summed E-state index contributed by atoms with van der Waals surface area (Å²) < 4.78 is 0. The maximum Gasteiger partial charge on any atom is 0.325 e. The van der Waals surface area contributed by atoms with Gasteiger partial charge in [0.05, 0.1) is 11.9 Å². The molecule has 1 aliphatic rings. The number of nitrogens with one attached hydrogen (secondary N) is 1. The van der Waals surface area contributed by atoms with Crippen LogP contribution >= 0.6 is 0 Å². The van der Waals surface area contributed by atoms with Crippen LogP contribution in [-0.4, -0.2) is 41.5 Å². The summed E-state index contributed by atoms with van der Waals surface area (Å²) in [7, 11) is 0. The van der Waals surface area contributed by atoms with Crippen molar-refractivity contribution in [3.8, 4) is 0 Å². The van der Waals surface area contributed by atoms with Gasteiger partial charge in [-0.15, -0.1) is 0 Å². The van der Waals surface area contributed by atoms with E-state index in [1.54, 1.807) is 28.1 Å². The molecule has 0 bridgehead atoms. The molecule has 6 nitrogen and oxygen atoms in total. The third kappa shape index (κ3) is 2.89. The van der Waals surface area contributed by atoms with Crippen molar-refractivity contribution in [3.05, 3.63) is 18.3 Å². The molecule has 1 fully saturated rings. The van der Waals surface area contributed by atoms with E-state index in [0.29, 0.717) is 24.6 Å². The lowest BCUT2D eigenvalue weighted by Crippen LogP contribution is -2.32. The van der Waals surface area contributed by atoms with E-state index < -0.39 is 0 Å². The lowest BCUT2D eigenvalue weighted by Gasteiger charge is -2.16. The lowest BCUT2D eigenvalue weighted by atomic mass is 10.2. The Morgan fingerprint density at radius 3 is 2.65 bits per heavy atom. The molecule has 1 aromatic rings.